The van der Waals surface area contributed by atoms with Crippen molar-refractivity contribution >= 4 is 17.8 Å². The predicted molar refractivity (Wildman–Crippen MR) is 195 cm³/mol. The molecule has 4 aromatic rings. The summed E-state index contributed by atoms with van der Waals surface area (Å²) in [6.07, 6.45) is 0.919. The van der Waals surface area contributed by atoms with Crippen LogP contribution in [0.25, 0.3) is 11.1 Å². The van der Waals surface area contributed by atoms with E-state index in [0.29, 0.717) is 42.7 Å². The number of nitrogens with one attached hydrogen (secondary N) is 2. The van der Waals surface area contributed by atoms with Crippen molar-refractivity contribution in [1.29, 1.82) is 0 Å². The molecule has 0 heterocycles. The molecule has 0 aliphatic heterocycles. The maximum absolute atomic E-state index is 14.1. The van der Waals surface area contributed by atoms with E-state index in [4.69, 9.17) is 0 Å². The molecule has 0 saturated heterocycles. The molecule has 0 bridgehead atoms. The van der Waals surface area contributed by atoms with E-state index in [2.05, 4.69) is 10.6 Å². The number of aromatic carboxylic acids is 1. The minimum absolute atomic E-state index is 0.0131. The molecule has 8 nitrogen and oxygen atoms in total. The van der Waals surface area contributed by atoms with Crippen molar-refractivity contribution in [3.05, 3.63) is 129 Å². The Morgan fingerprint density at radius 3 is 2.14 bits per heavy atom. The maximum Gasteiger partial charge on any atom is 0.336 e. The fourth-order valence-corrected chi connectivity index (χ4v) is 6.34. The number of aryl methyl sites for hydroxylation is 2. The average molecular weight is 700 g/mol. The van der Waals surface area contributed by atoms with E-state index >= 15 is 0 Å². The van der Waals surface area contributed by atoms with Gasteiger partial charge < -0.3 is 25.7 Å². The third-order valence-electron chi connectivity index (χ3n) is 8.69. The Hall–Kier alpha value is -4.93. The van der Waals surface area contributed by atoms with Gasteiger partial charge in [0.1, 0.15) is 11.6 Å². The van der Waals surface area contributed by atoms with E-state index < -0.39 is 35.7 Å². The van der Waals surface area contributed by atoms with E-state index in [0.717, 1.165) is 47.7 Å². The number of hydrogen-bond donors (Lipinski definition) is 4. The molecule has 270 valence electrons. The quantitative estimate of drug-likeness (QED) is 0.0947. The normalized spacial score (nSPS) is 12.3. The predicted octanol–water partition coefficient (Wildman–Crippen LogP) is 6.95. The lowest BCUT2D eigenvalue weighted by Crippen LogP contribution is -2.48. The Morgan fingerprint density at radius 1 is 0.824 bits per heavy atom. The van der Waals surface area contributed by atoms with Crippen LogP contribution in [0.4, 0.5) is 8.78 Å². The average Bonchev–Trinajstić information content (AvgIpc) is 3.09. The maximum atomic E-state index is 14.1. The first-order chi connectivity index (χ1) is 24.4. The van der Waals surface area contributed by atoms with E-state index in [1.54, 1.807) is 36.1 Å². The monoisotopic (exact) mass is 699 g/mol. The number of aliphatic hydroxyl groups excluding tert-OH is 1. The molecule has 0 aliphatic rings. The highest BCUT2D eigenvalue weighted by molar-refractivity contribution is 6.00. The zero-order valence-electron chi connectivity index (χ0n) is 29.6. The molecule has 0 aromatic heterocycles. The largest absolute Gasteiger partial charge is 0.478 e. The summed E-state index contributed by atoms with van der Waals surface area (Å²) in [5.41, 5.74) is 4.76. The Kier molecular flexibility index (Phi) is 14.0. The summed E-state index contributed by atoms with van der Waals surface area (Å²) in [5.74, 6) is -3.26. The van der Waals surface area contributed by atoms with E-state index in [9.17, 15) is 33.4 Å². The van der Waals surface area contributed by atoms with Crippen molar-refractivity contribution in [3.63, 3.8) is 0 Å². The van der Waals surface area contributed by atoms with Gasteiger partial charge in [-0.1, -0.05) is 57.2 Å². The highest BCUT2D eigenvalue weighted by atomic mass is 19.1. The Labute approximate surface area is 298 Å². The molecule has 4 rings (SSSR count). The van der Waals surface area contributed by atoms with Gasteiger partial charge in [-0.15, -0.1) is 0 Å². The summed E-state index contributed by atoms with van der Waals surface area (Å²) in [4.78, 5) is 40.9. The van der Waals surface area contributed by atoms with Crippen LogP contribution in [0, 0.1) is 18.6 Å². The van der Waals surface area contributed by atoms with E-state index in [1.165, 1.54) is 6.07 Å². The fourth-order valence-electron chi connectivity index (χ4n) is 6.34. The van der Waals surface area contributed by atoms with Crippen molar-refractivity contribution in [2.45, 2.75) is 72.1 Å². The van der Waals surface area contributed by atoms with Crippen LogP contribution in [0.5, 0.6) is 0 Å². The zero-order valence-corrected chi connectivity index (χ0v) is 29.6. The van der Waals surface area contributed by atoms with Crippen LogP contribution in [0.3, 0.4) is 0 Å². The first-order valence-electron chi connectivity index (χ1n) is 17.4. The number of hydrogen-bond acceptors (Lipinski definition) is 5. The van der Waals surface area contributed by atoms with Crippen molar-refractivity contribution in [2.24, 2.45) is 0 Å². The number of carbonyl (C=O) groups is 3. The molecule has 10 heteroatoms. The molecular weight excluding hydrogens is 652 g/mol. The van der Waals surface area contributed by atoms with E-state index in [-0.39, 0.29) is 35.6 Å². The highest BCUT2D eigenvalue weighted by Crippen LogP contribution is 2.28. The topological polar surface area (TPSA) is 119 Å². The Morgan fingerprint density at radius 2 is 1.49 bits per heavy atom. The number of rotatable bonds is 17. The second-order valence-corrected chi connectivity index (χ2v) is 12.8. The number of halogens is 2. The van der Waals surface area contributed by atoms with Gasteiger partial charge in [0.2, 0.25) is 0 Å². The van der Waals surface area contributed by atoms with Gasteiger partial charge in [-0.25, -0.2) is 13.6 Å². The van der Waals surface area contributed by atoms with Gasteiger partial charge >= 0.3 is 5.97 Å². The van der Waals surface area contributed by atoms with Gasteiger partial charge in [0.15, 0.2) is 0 Å². The van der Waals surface area contributed by atoms with Crippen molar-refractivity contribution < 1.29 is 33.4 Å². The molecule has 4 N–H and O–H groups in total. The summed E-state index contributed by atoms with van der Waals surface area (Å²) in [6.45, 7) is 9.20. The standard InChI is InChI=1S/C41H47F2N3O5/c1-5-14-46(15-6-2)40(49)32-17-26(4)16-31(22-32)39(48)45-36(21-28-19-33(42)23-34(43)20-28)37(47)25-44-24-27-10-8-12-30(18-27)35-13-9-11-29(7-3)38(35)41(50)51/h8-13,16-20,22-23,36-37,44,47H,5-7,14-15,21,24-25H2,1-4H3,(H,45,48)(H,50,51)/t36-,37+/m0/s1. The lowest BCUT2D eigenvalue weighted by molar-refractivity contribution is 0.0695. The van der Waals surface area contributed by atoms with Gasteiger partial charge in [-0.2, -0.15) is 0 Å². The number of carbonyl (C=O) groups excluding carboxylic acids is 2. The molecule has 0 spiro atoms. The molecule has 4 aromatic carbocycles. The highest BCUT2D eigenvalue weighted by Gasteiger charge is 2.25. The number of benzene rings is 4. The van der Waals surface area contributed by atoms with E-state index in [1.807, 2.05) is 51.1 Å². The second-order valence-electron chi connectivity index (χ2n) is 12.8. The third kappa shape index (κ3) is 10.5. The molecular formula is C41H47F2N3O5. The smallest absolute Gasteiger partial charge is 0.336 e. The summed E-state index contributed by atoms with van der Waals surface area (Å²) in [6, 6.07) is 19.9. The third-order valence-corrected chi connectivity index (χ3v) is 8.69. The minimum Gasteiger partial charge on any atom is -0.478 e. The van der Waals surface area contributed by atoms with Crippen molar-refractivity contribution in [2.75, 3.05) is 19.6 Å². The zero-order chi connectivity index (χ0) is 37.1. The van der Waals surface area contributed by atoms with Crippen LogP contribution in [-0.4, -0.2) is 64.7 Å². The first-order valence-corrected chi connectivity index (χ1v) is 17.4. The molecule has 0 unspecified atom stereocenters. The molecule has 2 atom stereocenters. The Balaban J connectivity index is 1.53. The molecule has 51 heavy (non-hydrogen) atoms. The molecule has 0 saturated carbocycles. The van der Waals surface area contributed by atoms with Crippen molar-refractivity contribution in [3.8, 4) is 11.1 Å². The van der Waals surface area contributed by atoms with Gasteiger partial charge in [0.25, 0.3) is 11.8 Å². The van der Waals surface area contributed by atoms with Gasteiger partial charge in [0, 0.05) is 43.4 Å². The number of carboxylic acid groups (broad SMARTS) is 1. The van der Waals surface area contributed by atoms with Gasteiger partial charge in [0.05, 0.1) is 17.7 Å². The SMILES string of the molecule is CCCN(CCC)C(=O)c1cc(C)cc(C(=O)N[C@@H](Cc2cc(F)cc(F)c2)[C@H](O)CNCc2cccc(-c3cccc(CC)c3C(=O)O)c2)c1. The molecule has 2 amide bonds. The van der Waals surface area contributed by atoms with Gasteiger partial charge in [-0.05, 0) is 102 Å². The Bertz CT molecular complexity index is 1820. The lowest BCUT2D eigenvalue weighted by atomic mass is 9.93. The van der Waals surface area contributed by atoms with Crippen LogP contribution in [-0.2, 0) is 19.4 Å². The van der Waals surface area contributed by atoms with Crippen LogP contribution < -0.4 is 10.6 Å². The summed E-state index contributed by atoms with van der Waals surface area (Å²) < 4.78 is 28.3. The van der Waals surface area contributed by atoms with Crippen LogP contribution >= 0.6 is 0 Å². The van der Waals surface area contributed by atoms with Crippen molar-refractivity contribution in [1.82, 2.24) is 15.5 Å². The number of nitrogens with zero attached hydrogens (tertiary/aromatic N) is 1. The number of carboxylic acids is 1. The second kappa shape index (κ2) is 18.3. The number of aliphatic hydroxyl groups is 1. The fraction of sp³-hybridized carbons (Fsp3) is 0.341. The minimum atomic E-state index is -1.18. The molecule has 0 aliphatic carbocycles. The number of amides is 2. The summed E-state index contributed by atoms with van der Waals surface area (Å²) in [7, 11) is 0. The summed E-state index contributed by atoms with van der Waals surface area (Å²) in [5, 5.41) is 27.3. The van der Waals surface area contributed by atoms with Crippen LogP contribution in [0.1, 0.15) is 86.9 Å². The van der Waals surface area contributed by atoms with Crippen LogP contribution in [0.2, 0.25) is 0 Å². The van der Waals surface area contributed by atoms with Gasteiger partial charge in [-0.3, -0.25) is 9.59 Å². The molecule has 0 radical (unpaired) electrons. The molecule has 0 fully saturated rings. The summed E-state index contributed by atoms with van der Waals surface area (Å²) >= 11 is 0. The van der Waals surface area contributed by atoms with Crippen LogP contribution in [0.15, 0.2) is 78.9 Å². The lowest BCUT2D eigenvalue weighted by Gasteiger charge is -2.25. The first kappa shape index (κ1) is 38.9.